The molecule has 1 aliphatic heterocycles. The van der Waals surface area contributed by atoms with Gasteiger partial charge >= 0.3 is 0 Å². The Hall–Kier alpha value is -3.47. The van der Waals surface area contributed by atoms with Crippen molar-refractivity contribution >= 4 is 28.0 Å². The summed E-state index contributed by atoms with van der Waals surface area (Å²) < 4.78 is 12.4. The number of phenolic OH excluding ortho intramolecular Hbond substituents is 2. The first-order valence-corrected chi connectivity index (χ1v) is 11.1. The van der Waals surface area contributed by atoms with Gasteiger partial charge in [0.2, 0.25) is 5.43 Å². The minimum atomic E-state index is -0.503. The molecule has 172 valence electrons. The van der Waals surface area contributed by atoms with Gasteiger partial charge in [0.05, 0.1) is 5.39 Å². The van der Waals surface area contributed by atoms with E-state index >= 15 is 0 Å². The molecule has 0 atom stereocenters. The van der Waals surface area contributed by atoms with Crippen molar-refractivity contribution in [3.63, 3.8) is 0 Å². The van der Waals surface area contributed by atoms with E-state index in [0.717, 1.165) is 16.7 Å². The van der Waals surface area contributed by atoms with Gasteiger partial charge in [0.15, 0.2) is 0 Å². The van der Waals surface area contributed by atoms with Crippen molar-refractivity contribution in [3.05, 3.63) is 68.4 Å². The number of rotatable bonds is 4. The van der Waals surface area contributed by atoms with Gasteiger partial charge in [-0.05, 0) is 66.5 Å². The Labute approximate surface area is 193 Å². The normalized spacial score (nSPS) is 14.1. The van der Waals surface area contributed by atoms with E-state index < -0.39 is 5.60 Å². The van der Waals surface area contributed by atoms with Gasteiger partial charge in [-0.2, -0.15) is 0 Å². The van der Waals surface area contributed by atoms with Crippen molar-refractivity contribution < 1.29 is 19.4 Å². The van der Waals surface area contributed by atoms with E-state index in [1.54, 1.807) is 0 Å². The first-order chi connectivity index (χ1) is 15.5. The van der Waals surface area contributed by atoms with Crippen LogP contribution < -0.4 is 10.2 Å². The fourth-order valence-electron chi connectivity index (χ4n) is 4.08. The Morgan fingerprint density at radius 2 is 1.67 bits per heavy atom. The van der Waals surface area contributed by atoms with Crippen molar-refractivity contribution in [2.75, 3.05) is 0 Å². The van der Waals surface area contributed by atoms with Crippen LogP contribution in [-0.4, -0.2) is 15.8 Å². The predicted molar refractivity (Wildman–Crippen MR) is 133 cm³/mol. The second-order valence-corrected chi connectivity index (χ2v) is 9.69. The first kappa shape index (κ1) is 22.7. The average molecular weight is 447 g/mol. The van der Waals surface area contributed by atoms with Crippen LogP contribution in [0.2, 0.25) is 0 Å². The summed E-state index contributed by atoms with van der Waals surface area (Å²) in [5, 5.41) is 22.0. The zero-order valence-corrected chi connectivity index (χ0v) is 20.0. The zero-order valence-electron chi connectivity index (χ0n) is 20.0. The minimum Gasteiger partial charge on any atom is -0.507 e. The van der Waals surface area contributed by atoms with Gasteiger partial charge in [-0.3, -0.25) is 4.79 Å². The summed E-state index contributed by atoms with van der Waals surface area (Å²) in [4.78, 5) is 13.8. The molecule has 2 aromatic carbocycles. The van der Waals surface area contributed by atoms with Crippen LogP contribution in [0.15, 0.2) is 50.7 Å². The van der Waals surface area contributed by atoms with E-state index in [1.165, 1.54) is 6.07 Å². The Kier molecular flexibility index (Phi) is 5.61. The molecular weight excluding hydrogens is 416 g/mol. The number of ether oxygens (including phenoxy) is 1. The topological polar surface area (TPSA) is 79.9 Å². The summed E-state index contributed by atoms with van der Waals surface area (Å²) in [6.45, 7) is 11.8. The van der Waals surface area contributed by atoms with E-state index in [0.29, 0.717) is 40.7 Å². The van der Waals surface area contributed by atoms with Crippen molar-refractivity contribution in [3.8, 4) is 17.2 Å². The summed E-state index contributed by atoms with van der Waals surface area (Å²) in [5.74, 6) is 0.262. The van der Waals surface area contributed by atoms with Gasteiger partial charge in [0, 0.05) is 22.8 Å². The molecule has 0 saturated heterocycles. The Morgan fingerprint density at radius 1 is 1.00 bits per heavy atom. The third kappa shape index (κ3) is 4.15. The fourth-order valence-corrected chi connectivity index (χ4v) is 4.08. The third-order valence-electron chi connectivity index (χ3n) is 5.84. The van der Waals surface area contributed by atoms with E-state index in [9.17, 15) is 15.0 Å². The van der Waals surface area contributed by atoms with Gasteiger partial charge in [-0.1, -0.05) is 29.4 Å². The van der Waals surface area contributed by atoms with Gasteiger partial charge in [-0.15, -0.1) is 0 Å². The molecule has 1 aliphatic rings. The van der Waals surface area contributed by atoms with Gasteiger partial charge in [0.1, 0.15) is 39.4 Å². The molecule has 0 saturated carbocycles. The van der Waals surface area contributed by atoms with Crippen LogP contribution >= 0.6 is 0 Å². The second-order valence-electron chi connectivity index (χ2n) is 9.69. The molecule has 0 aliphatic carbocycles. The lowest BCUT2D eigenvalue weighted by atomic mass is 9.94. The standard InChI is InChI=1S/C28H30O5/c1-15(2)7-9-17-13-21-19(11-12-28(5,6)33-21)23-26(31)24-22(32-27(17)23)14-20(29)18(25(24)30)10-8-16(3)4/h7-8,11-14,29-30H,9-10H2,1-6H3. The molecular formula is C28H30O5. The maximum atomic E-state index is 13.8. The van der Waals surface area contributed by atoms with Crippen molar-refractivity contribution in [2.45, 2.75) is 60.0 Å². The minimum absolute atomic E-state index is 0.0669. The highest BCUT2D eigenvalue weighted by Crippen LogP contribution is 2.41. The van der Waals surface area contributed by atoms with Crippen LogP contribution in [0.3, 0.4) is 0 Å². The highest BCUT2D eigenvalue weighted by Gasteiger charge is 2.27. The Morgan fingerprint density at radius 3 is 2.33 bits per heavy atom. The molecule has 0 unspecified atom stereocenters. The van der Waals surface area contributed by atoms with E-state index in [2.05, 4.69) is 6.08 Å². The molecule has 2 heterocycles. The number of allylic oxidation sites excluding steroid dienone is 4. The molecule has 3 aromatic rings. The number of fused-ring (bicyclic) bond motifs is 4. The number of aromatic hydroxyl groups is 2. The number of hydrogen-bond donors (Lipinski definition) is 2. The predicted octanol–water partition coefficient (Wildman–Crippen LogP) is 6.56. The van der Waals surface area contributed by atoms with Crippen molar-refractivity contribution in [1.29, 1.82) is 0 Å². The zero-order chi connectivity index (χ0) is 24.1. The molecule has 5 nitrogen and oxygen atoms in total. The largest absolute Gasteiger partial charge is 0.507 e. The molecule has 0 bridgehead atoms. The number of phenols is 2. The van der Waals surface area contributed by atoms with Crippen LogP contribution in [0.4, 0.5) is 0 Å². The maximum Gasteiger partial charge on any atom is 0.205 e. The third-order valence-corrected chi connectivity index (χ3v) is 5.84. The Balaban J connectivity index is 2.11. The molecule has 4 rings (SSSR count). The Bertz CT molecular complexity index is 1420. The molecule has 1 aromatic heterocycles. The van der Waals surface area contributed by atoms with Crippen molar-refractivity contribution in [2.24, 2.45) is 0 Å². The summed E-state index contributed by atoms with van der Waals surface area (Å²) in [7, 11) is 0. The molecule has 33 heavy (non-hydrogen) atoms. The van der Waals surface area contributed by atoms with Gasteiger partial charge < -0.3 is 19.4 Å². The van der Waals surface area contributed by atoms with Crippen LogP contribution in [0, 0.1) is 0 Å². The lowest BCUT2D eigenvalue weighted by molar-refractivity contribution is 0.159. The molecule has 2 N–H and O–H groups in total. The summed E-state index contributed by atoms with van der Waals surface area (Å²) in [5.41, 5.74) is 3.68. The van der Waals surface area contributed by atoms with Crippen LogP contribution in [0.1, 0.15) is 58.2 Å². The lowest BCUT2D eigenvalue weighted by Crippen LogP contribution is -2.28. The number of hydrogen-bond acceptors (Lipinski definition) is 5. The lowest BCUT2D eigenvalue weighted by Gasteiger charge is -2.29. The van der Waals surface area contributed by atoms with Crippen LogP contribution in [0.5, 0.6) is 17.2 Å². The van der Waals surface area contributed by atoms with E-state index in [1.807, 2.05) is 65.8 Å². The van der Waals surface area contributed by atoms with Crippen molar-refractivity contribution in [1.82, 2.24) is 0 Å². The van der Waals surface area contributed by atoms with E-state index in [-0.39, 0.29) is 27.9 Å². The summed E-state index contributed by atoms with van der Waals surface area (Å²) in [6.07, 6.45) is 8.61. The quantitative estimate of drug-likeness (QED) is 0.350. The maximum absolute atomic E-state index is 13.8. The first-order valence-electron chi connectivity index (χ1n) is 11.1. The summed E-state index contributed by atoms with van der Waals surface area (Å²) >= 11 is 0. The van der Waals surface area contributed by atoms with Crippen LogP contribution in [-0.2, 0) is 12.8 Å². The highest BCUT2D eigenvalue weighted by molar-refractivity contribution is 6.00. The van der Waals surface area contributed by atoms with Gasteiger partial charge in [0.25, 0.3) is 0 Å². The summed E-state index contributed by atoms with van der Waals surface area (Å²) in [6, 6.07) is 3.34. The smallest absolute Gasteiger partial charge is 0.205 e. The molecule has 5 heteroatoms. The fraction of sp³-hybridized carbons (Fsp3) is 0.321. The molecule has 0 radical (unpaired) electrons. The van der Waals surface area contributed by atoms with E-state index in [4.69, 9.17) is 9.15 Å². The molecule has 0 spiro atoms. The second kappa shape index (κ2) is 8.14. The van der Waals surface area contributed by atoms with Crippen LogP contribution in [0.25, 0.3) is 28.0 Å². The SMILES string of the molecule is CC(C)=CCc1c(O)cc2oc3c(CC=C(C)C)cc4c(c3c(=O)c2c1O)C=CC(C)(C)O4. The van der Waals surface area contributed by atoms with Gasteiger partial charge in [-0.25, -0.2) is 0 Å². The highest BCUT2D eigenvalue weighted by atomic mass is 16.5. The molecule has 0 amide bonds. The monoisotopic (exact) mass is 446 g/mol. The number of benzene rings is 2. The molecule has 0 fully saturated rings. The average Bonchev–Trinajstić information content (AvgIpc) is 2.70.